The van der Waals surface area contributed by atoms with E-state index in [0.717, 1.165) is 10.5 Å². The maximum absolute atomic E-state index is 14.2. The number of allylic oxidation sites excluding steroid dienone is 3. The Morgan fingerprint density at radius 1 is 0.880 bits per heavy atom. The van der Waals surface area contributed by atoms with Crippen molar-refractivity contribution in [3.05, 3.63) is 81.4 Å². The fourth-order valence-electron chi connectivity index (χ4n) is 3.68. The number of anilines is 1. The van der Waals surface area contributed by atoms with Crippen molar-refractivity contribution in [1.29, 1.82) is 0 Å². The van der Waals surface area contributed by atoms with Crippen molar-refractivity contribution in [3.63, 3.8) is 0 Å². The summed E-state index contributed by atoms with van der Waals surface area (Å²) in [6, 6.07) is 5.11. The van der Waals surface area contributed by atoms with E-state index in [9.17, 15) is 26.7 Å². The van der Waals surface area contributed by atoms with Gasteiger partial charge in [-0.25, -0.2) is 22.0 Å². The molecule has 0 spiro atoms. The average Bonchev–Trinajstić information content (AvgIpc) is 2.86. The van der Waals surface area contributed by atoms with Crippen molar-refractivity contribution < 1.29 is 26.7 Å². The lowest BCUT2D eigenvalue weighted by molar-refractivity contribution is 0.103. The van der Waals surface area contributed by atoms with Gasteiger partial charge in [0, 0.05) is 16.7 Å². The number of hydrogen-bond donors (Lipinski definition) is 0. The molecule has 2 aromatic carbocycles. The Hall–Kier alpha value is -2.96. The van der Waals surface area contributed by atoms with Crippen LogP contribution in [-0.2, 0) is 6.42 Å². The number of carbonyl (C=O) groups is 1. The molecule has 0 aromatic heterocycles. The highest BCUT2D eigenvalue weighted by atomic mass is 19.2. The molecule has 0 N–H and O–H groups in total. The second kappa shape index (κ2) is 4.36. The normalized spacial score (nSPS) is 16.9. The van der Waals surface area contributed by atoms with Crippen LogP contribution in [0.5, 0.6) is 0 Å². The van der Waals surface area contributed by atoms with Crippen molar-refractivity contribution in [3.8, 4) is 0 Å². The van der Waals surface area contributed by atoms with Gasteiger partial charge in [-0.1, -0.05) is 24.3 Å². The molecular formula is C18H6F5NO. The van der Waals surface area contributed by atoms with E-state index < -0.39 is 40.6 Å². The van der Waals surface area contributed by atoms with Gasteiger partial charge in [-0.2, -0.15) is 0 Å². The van der Waals surface area contributed by atoms with E-state index in [4.69, 9.17) is 0 Å². The number of rotatable bonds is 1. The second-order valence-electron chi connectivity index (χ2n) is 5.94. The number of benzene rings is 2. The molecule has 1 heterocycles. The monoisotopic (exact) mass is 347 g/mol. The Balaban J connectivity index is 1.79. The Morgan fingerprint density at radius 2 is 1.52 bits per heavy atom. The predicted molar refractivity (Wildman–Crippen MR) is 78.2 cm³/mol. The molecule has 0 saturated heterocycles. The lowest BCUT2D eigenvalue weighted by Gasteiger charge is -2.39. The second-order valence-corrected chi connectivity index (χ2v) is 5.94. The van der Waals surface area contributed by atoms with E-state index in [2.05, 4.69) is 0 Å². The minimum absolute atomic E-state index is 0.0587. The van der Waals surface area contributed by atoms with Gasteiger partial charge in [-0.15, -0.1) is 0 Å². The summed E-state index contributed by atoms with van der Waals surface area (Å²) in [4.78, 5) is 13.4. The molecule has 0 amide bonds. The predicted octanol–water partition coefficient (Wildman–Crippen LogP) is 4.25. The maximum Gasteiger partial charge on any atom is 0.211 e. The van der Waals surface area contributed by atoms with E-state index >= 15 is 0 Å². The lowest BCUT2D eigenvalue weighted by Crippen LogP contribution is -2.37. The third kappa shape index (κ3) is 1.47. The number of nitrogens with zero attached hydrogens (tertiary/aromatic N) is 1. The SMILES string of the molecule is O=C1C2=C3C(=CCc4cccc1c43)N2c1c(F)c(F)c(F)c(F)c1F. The number of Topliss-reactive ketones (excluding diaryl/α,β-unsaturated/α-hetero) is 1. The molecular weight excluding hydrogens is 341 g/mol. The minimum Gasteiger partial charge on any atom is -0.300 e. The molecule has 0 saturated carbocycles. The zero-order valence-corrected chi connectivity index (χ0v) is 12.3. The van der Waals surface area contributed by atoms with Crippen LogP contribution in [0.15, 0.2) is 35.7 Å². The first kappa shape index (κ1) is 14.4. The van der Waals surface area contributed by atoms with Gasteiger partial charge in [0.25, 0.3) is 0 Å². The third-order valence-electron chi connectivity index (χ3n) is 4.74. The first-order valence-electron chi connectivity index (χ1n) is 7.36. The summed E-state index contributed by atoms with van der Waals surface area (Å²) in [5, 5.41) is 0. The quantitative estimate of drug-likeness (QED) is 0.437. The molecule has 2 nitrogen and oxygen atoms in total. The Labute approximate surface area is 137 Å². The minimum atomic E-state index is -2.23. The summed E-state index contributed by atoms with van der Waals surface area (Å²) in [6.07, 6.45) is 2.01. The van der Waals surface area contributed by atoms with E-state index in [-0.39, 0.29) is 11.4 Å². The molecule has 0 fully saturated rings. The van der Waals surface area contributed by atoms with Crippen LogP contribution in [0.4, 0.5) is 27.6 Å². The molecule has 1 aliphatic heterocycles. The van der Waals surface area contributed by atoms with Crippen LogP contribution in [0.2, 0.25) is 0 Å². The van der Waals surface area contributed by atoms with Crippen LogP contribution < -0.4 is 4.90 Å². The summed E-state index contributed by atoms with van der Waals surface area (Å²) in [5.74, 6) is -10.7. The third-order valence-corrected chi connectivity index (χ3v) is 4.74. The van der Waals surface area contributed by atoms with Gasteiger partial charge in [0.15, 0.2) is 23.3 Å². The van der Waals surface area contributed by atoms with Crippen LogP contribution in [0.1, 0.15) is 21.5 Å². The summed E-state index contributed by atoms with van der Waals surface area (Å²) < 4.78 is 68.8. The van der Waals surface area contributed by atoms with Crippen molar-refractivity contribution in [2.24, 2.45) is 0 Å². The smallest absolute Gasteiger partial charge is 0.211 e. The zero-order chi connectivity index (χ0) is 17.6. The first-order chi connectivity index (χ1) is 11.9. The molecule has 2 aliphatic carbocycles. The van der Waals surface area contributed by atoms with Gasteiger partial charge < -0.3 is 4.90 Å². The summed E-state index contributed by atoms with van der Waals surface area (Å²) in [6.45, 7) is 0. The fraction of sp³-hybridized carbons (Fsp3) is 0.0556. The molecule has 2 aromatic rings. The van der Waals surface area contributed by atoms with Gasteiger partial charge in [0.05, 0.1) is 5.70 Å². The topological polar surface area (TPSA) is 20.3 Å². The summed E-state index contributed by atoms with van der Waals surface area (Å²) in [5.41, 5.74) is 1.55. The Bertz CT molecular complexity index is 1070. The van der Waals surface area contributed by atoms with Crippen LogP contribution in [0.3, 0.4) is 0 Å². The molecule has 124 valence electrons. The van der Waals surface area contributed by atoms with E-state index in [1.165, 1.54) is 0 Å². The number of carbonyl (C=O) groups excluding carboxylic acids is 1. The number of halogens is 5. The summed E-state index contributed by atoms with van der Waals surface area (Å²) in [7, 11) is 0. The molecule has 7 heteroatoms. The van der Waals surface area contributed by atoms with Crippen LogP contribution in [-0.4, -0.2) is 5.78 Å². The zero-order valence-electron chi connectivity index (χ0n) is 12.3. The van der Waals surface area contributed by atoms with E-state index in [1.807, 2.05) is 6.07 Å². The standard InChI is InChI=1S/C18H6F5NO/c19-11-12(20)14(22)17(15(23)13(11)21)24-8-5-4-6-2-1-3-7-9(6)10(8)16(24)18(7)25/h1-3,5H,4H2. The molecule has 5 rings (SSSR count). The summed E-state index contributed by atoms with van der Waals surface area (Å²) >= 11 is 0. The van der Waals surface area contributed by atoms with Crippen molar-refractivity contribution >= 4 is 17.0 Å². The van der Waals surface area contributed by atoms with Gasteiger partial charge in [0.1, 0.15) is 11.4 Å². The van der Waals surface area contributed by atoms with Crippen molar-refractivity contribution in [1.82, 2.24) is 0 Å². The van der Waals surface area contributed by atoms with Crippen LogP contribution in [0.25, 0.3) is 5.57 Å². The van der Waals surface area contributed by atoms with E-state index in [0.29, 0.717) is 23.1 Å². The molecule has 25 heavy (non-hydrogen) atoms. The fourth-order valence-corrected chi connectivity index (χ4v) is 3.68. The first-order valence-corrected chi connectivity index (χ1v) is 7.36. The highest BCUT2D eigenvalue weighted by molar-refractivity contribution is 6.30. The molecule has 0 atom stereocenters. The maximum atomic E-state index is 14.2. The Kier molecular flexibility index (Phi) is 2.51. The van der Waals surface area contributed by atoms with Crippen LogP contribution in [0, 0.1) is 29.1 Å². The lowest BCUT2D eigenvalue weighted by atomic mass is 9.86. The molecule has 3 aliphatic rings. The number of hydrogen-bond acceptors (Lipinski definition) is 2. The Morgan fingerprint density at radius 3 is 2.20 bits per heavy atom. The largest absolute Gasteiger partial charge is 0.300 e. The van der Waals surface area contributed by atoms with Crippen molar-refractivity contribution in [2.75, 3.05) is 4.90 Å². The molecule has 0 radical (unpaired) electrons. The average molecular weight is 347 g/mol. The molecule has 0 bridgehead atoms. The van der Waals surface area contributed by atoms with Gasteiger partial charge in [-0.05, 0) is 12.0 Å². The highest BCUT2D eigenvalue weighted by Crippen LogP contribution is 2.55. The van der Waals surface area contributed by atoms with Gasteiger partial charge in [0.2, 0.25) is 11.6 Å². The van der Waals surface area contributed by atoms with Crippen LogP contribution >= 0.6 is 0 Å². The van der Waals surface area contributed by atoms with Gasteiger partial charge in [-0.3, -0.25) is 4.79 Å². The number of ketones is 1. The van der Waals surface area contributed by atoms with E-state index in [1.54, 1.807) is 18.2 Å². The molecule has 0 unspecified atom stereocenters. The van der Waals surface area contributed by atoms with Crippen molar-refractivity contribution in [2.45, 2.75) is 6.42 Å². The highest BCUT2D eigenvalue weighted by Gasteiger charge is 2.49. The van der Waals surface area contributed by atoms with Gasteiger partial charge >= 0.3 is 0 Å².